The molecule has 5 nitrogen and oxygen atoms in total. The molecule has 2 aromatic carbocycles. The highest BCUT2D eigenvalue weighted by Crippen LogP contribution is 2.25. The summed E-state index contributed by atoms with van der Waals surface area (Å²) in [6.07, 6.45) is -0.737. The van der Waals surface area contributed by atoms with Crippen molar-refractivity contribution in [3.8, 4) is 11.5 Å². The minimum atomic E-state index is -0.737. The molecule has 0 radical (unpaired) electrons. The molecule has 0 saturated carbocycles. The molecule has 1 aromatic heterocycles. The Labute approximate surface area is 145 Å². The van der Waals surface area contributed by atoms with Crippen molar-refractivity contribution in [3.63, 3.8) is 0 Å². The van der Waals surface area contributed by atoms with Gasteiger partial charge in [0.1, 0.15) is 5.82 Å². The summed E-state index contributed by atoms with van der Waals surface area (Å²) in [6, 6.07) is 13.0. The first kappa shape index (κ1) is 16.3. The standard InChI is InChI=1S/C17H12BrFN2O3/c1-10(23-17(22)13-8-7-12(19)9-14(13)18)15-20-21-16(24-15)11-5-3-2-4-6-11/h2-10H,1H3/t10-/m1/s1. The van der Waals surface area contributed by atoms with Crippen LogP contribution in [0, 0.1) is 5.82 Å². The Bertz CT molecular complexity index is 867. The number of esters is 1. The maximum atomic E-state index is 13.1. The molecule has 0 spiro atoms. The molecule has 0 N–H and O–H groups in total. The molecule has 0 aliphatic carbocycles. The van der Waals surface area contributed by atoms with E-state index in [2.05, 4.69) is 26.1 Å². The fourth-order valence-corrected chi connectivity index (χ4v) is 2.54. The average Bonchev–Trinajstić information content (AvgIpc) is 3.05. The smallest absolute Gasteiger partial charge is 0.340 e. The highest BCUT2D eigenvalue weighted by Gasteiger charge is 2.21. The summed E-state index contributed by atoms with van der Waals surface area (Å²) in [5.74, 6) is -0.540. The first-order valence-corrected chi connectivity index (χ1v) is 7.89. The summed E-state index contributed by atoms with van der Waals surface area (Å²) in [5.41, 5.74) is 0.988. The van der Waals surface area contributed by atoms with Crippen LogP contribution >= 0.6 is 15.9 Å². The van der Waals surface area contributed by atoms with Crippen molar-refractivity contribution in [1.29, 1.82) is 0 Å². The fraction of sp³-hybridized carbons (Fsp3) is 0.118. The molecule has 24 heavy (non-hydrogen) atoms. The summed E-state index contributed by atoms with van der Waals surface area (Å²) in [7, 11) is 0. The second-order valence-corrected chi connectivity index (χ2v) is 5.84. The molecule has 122 valence electrons. The lowest BCUT2D eigenvalue weighted by atomic mass is 10.2. The number of ether oxygens (including phenoxy) is 1. The van der Waals surface area contributed by atoms with Crippen LogP contribution in [0.2, 0.25) is 0 Å². The highest BCUT2D eigenvalue weighted by molar-refractivity contribution is 9.10. The zero-order valence-electron chi connectivity index (χ0n) is 12.6. The van der Waals surface area contributed by atoms with Crippen LogP contribution < -0.4 is 0 Å². The van der Waals surface area contributed by atoms with Gasteiger partial charge in [0.25, 0.3) is 5.89 Å². The predicted molar refractivity (Wildman–Crippen MR) is 87.7 cm³/mol. The number of nitrogens with zero attached hydrogens (tertiary/aromatic N) is 2. The molecule has 0 unspecified atom stereocenters. The number of carbonyl (C=O) groups excluding carboxylic acids is 1. The summed E-state index contributed by atoms with van der Waals surface area (Å²) >= 11 is 3.14. The van der Waals surface area contributed by atoms with Crippen LogP contribution in [0.5, 0.6) is 0 Å². The lowest BCUT2D eigenvalue weighted by Crippen LogP contribution is -2.10. The summed E-state index contributed by atoms with van der Waals surface area (Å²) in [6.45, 7) is 1.62. The van der Waals surface area contributed by atoms with E-state index < -0.39 is 17.9 Å². The Morgan fingerprint density at radius 2 is 1.96 bits per heavy atom. The minimum absolute atomic E-state index is 0.181. The first-order chi connectivity index (χ1) is 11.5. The third kappa shape index (κ3) is 3.51. The SMILES string of the molecule is C[C@@H](OC(=O)c1ccc(F)cc1Br)c1nnc(-c2ccccc2)o1. The quantitative estimate of drug-likeness (QED) is 0.611. The zero-order valence-corrected chi connectivity index (χ0v) is 14.2. The number of hydrogen-bond donors (Lipinski definition) is 0. The van der Waals surface area contributed by atoms with Gasteiger partial charge in [-0.3, -0.25) is 0 Å². The Balaban J connectivity index is 1.74. The molecule has 0 bridgehead atoms. The molecule has 0 saturated heterocycles. The van der Waals surface area contributed by atoms with Crippen LogP contribution in [-0.4, -0.2) is 16.2 Å². The van der Waals surface area contributed by atoms with E-state index in [1.165, 1.54) is 18.2 Å². The maximum Gasteiger partial charge on any atom is 0.340 e. The highest BCUT2D eigenvalue weighted by atomic mass is 79.9. The third-order valence-electron chi connectivity index (χ3n) is 3.24. The molecule has 0 amide bonds. The molecule has 3 aromatic rings. The van der Waals surface area contributed by atoms with Crippen molar-refractivity contribution >= 4 is 21.9 Å². The Morgan fingerprint density at radius 1 is 1.21 bits per heavy atom. The second-order valence-electron chi connectivity index (χ2n) is 4.98. The third-order valence-corrected chi connectivity index (χ3v) is 3.90. The number of benzene rings is 2. The molecular weight excluding hydrogens is 379 g/mol. The number of rotatable bonds is 4. The molecule has 0 fully saturated rings. The predicted octanol–water partition coefficient (Wildman–Crippen LogP) is 4.56. The number of halogens is 2. The van der Waals surface area contributed by atoms with Crippen LogP contribution in [0.25, 0.3) is 11.5 Å². The van der Waals surface area contributed by atoms with E-state index in [-0.39, 0.29) is 11.5 Å². The van der Waals surface area contributed by atoms with Gasteiger partial charge in [-0.25, -0.2) is 9.18 Å². The van der Waals surface area contributed by atoms with E-state index in [0.29, 0.717) is 10.4 Å². The van der Waals surface area contributed by atoms with Gasteiger partial charge in [0, 0.05) is 10.0 Å². The van der Waals surface area contributed by atoms with E-state index in [1.54, 1.807) is 6.92 Å². The largest absolute Gasteiger partial charge is 0.449 e. The van der Waals surface area contributed by atoms with Crippen molar-refractivity contribution < 1.29 is 18.3 Å². The second kappa shape index (κ2) is 6.92. The van der Waals surface area contributed by atoms with E-state index in [9.17, 15) is 9.18 Å². The normalized spacial score (nSPS) is 12.0. The van der Waals surface area contributed by atoms with E-state index >= 15 is 0 Å². The summed E-state index contributed by atoms with van der Waals surface area (Å²) < 4.78 is 24.3. The molecule has 3 rings (SSSR count). The van der Waals surface area contributed by atoms with Crippen LogP contribution in [0.1, 0.15) is 29.3 Å². The summed E-state index contributed by atoms with van der Waals surface area (Å²) in [5, 5.41) is 7.86. The van der Waals surface area contributed by atoms with Gasteiger partial charge in [-0.15, -0.1) is 10.2 Å². The molecular formula is C17H12BrFN2O3. The Kier molecular flexibility index (Phi) is 4.71. The van der Waals surface area contributed by atoms with Gasteiger partial charge >= 0.3 is 5.97 Å². The van der Waals surface area contributed by atoms with Crippen molar-refractivity contribution in [3.05, 3.63) is 70.3 Å². The average molecular weight is 391 g/mol. The van der Waals surface area contributed by atoms with E-state index in [0.717, 1.165) is 5.56 Å². The molecule has 7 heteroatoms. The lowest BCUT2D eigenvalue weighted by molar-refractivity contribution is 0.0278. The van der Waals surface area contributed by atoms with E-state index in [4.69, 9.17) is 9.15 Å². The van der Waals surface area contributed by atoms with Gasteiger partial charge in [0.15, 0.2) is 6.10 Å². The fourth-order valence-electron chi connectivity index (χ4n) is 2.03. The van der Waals surface area contributed by atoms with Gasteiger partial charge in [-0.05, 0) is 53.2 Å². The van der Waals surface area contributed by atoms with Gasteiger partial charge in [-0.2, -0.15) is 0 Å². The number of aromatic nitrogens is 2. The van der Waals surface area contributed by atoms with Crippen LogP contribution in [0.3, 0.4) is 0 Å². The molecule has 1 atom stereocenters. The minimum Gasteiger partial charge on any atom is -0.449 e. The maximum absolute atomic E-state index is 13.1. The Morgan fingerprint density at radius 3 is 2.67 bits per heavy atom. The van der Waals surface area contributed by atoms with Crippen LogP contribution in [0.15, 0.2) is 57.4 Å². The molecule has 0 aliphatic rings. The summed E-state index contributed by atoms with van der Waals surface area (Å²) in [4.78, 5) is 12.2. The van der Waals surface area contributed by atoms with Gasteiger partial charge in [-0.1, -0.05) is 18.2 Å². The molecule has 0 aliphatic heterocycles. The van der Waals surface area contributed by atoms with Crippen molar-refractivity contribution in [2.45, 2.75) is 13.0 Å². The monoisotopic (exact) mass is 390 g/mol. The molecule has 1 heterocycles. The van der Waals surface area contributed by atoms with E-state index in [1.807, 2.05) is 30.3 Å². The Hall–Kier alpha value is -2.54. The van der Waals surface area contributed by atoms with Crippen molar-refractivity contribution in [2.24, 2.45) is 0 Å². The van der Waals surface area contributed by atoms with Crippen molar-refractivity contribution in [1.82, 2.24) is 10.2 Å². The van der Waals surface area contributed by atoms with Crippen LogP contribution in [-0.2, 0) is 4.74 Å². The van der Waals surface area contributed by atoms with Crippen molar-refractivity contribution in [2.75, 3.05) is 0 Å². The first-order valence-electron chi connectivity index (χ1n) is 7.09. The van der Waals surface area contributed by atoms with Crippen LogP contribution in [0.4, 0.5) is 4.39 Å². The topological polar surface area (TPSA) is 65.2 Å². The number of carbonyl (C=O) groups is 1. The van der Waals surface area contributed by atoms with Gasteiger partial charge < -0.3 is 9.15 Å². The number of hydrogen-bond acceptors (Lipinski definition) is 5. The van der Waals surface area contributed by atoms with Gasteiger partial charge in [0.05, 0.1) is 5.56 Å². The van der Waals surface area contributed by atoms with Gasteiger partial charge in [0.2, 0.25) is 5.89 Å². The zero-order chi connectivity index (χ0) is 17.1. The lowest BCUT2D eigenvalue weighted by Gasteiger charge is -2.10.